The molecule has 0 unspecified atom stereocenters. The second kappa shape index (κ2) is 10.4. The van der Waals surface area contributed by atoms with E-state index in [0.29, 0.717) is 24.6 Å². The predicted octanol–water partition coefficient (Wildman–Crippen LogP) is 7.82. The van der Waals surface area contributed by atoms with Gasteiger partial charge >= 0.3 is 0 Å². The number of carbonyl (C=O) groups excluding carboxylic acids is 2. The van der Waals surface area contributed by atoms with Crippen LogP contribution in [0.15, 0.2) is 74.5 Å². The van der Waals surface area contributed by atoms with E-state index in [2.05, 4.69) is 31.9 Å². The molecule has 1 fully saturated rings. The minimum Gasteiger partial charge on any atom is -0.487 e. The van der Waals surface area contributed by atoms with Crippen molar-refractivity contribution >= 4 is 72.4 Å². The number of ether oxygens (including phenoxy) is 1. The summed E-state index contributed by atoms with van der Waals surface area (Å²) >= 11 is 13.8. The van der Waals surface area contributed by atoms with Gasteiger partial charge in [-0.3, -0.25) is 14.5 Å². The first kappa shape index (κ1) is 24.0. The van der Waals surface area contributed by atoms with Gasteiger partial charge in [0.25, 0.3) is 11.1 Å². The lowest BCUT2D eigenvalue weighted by atomic mass is 10.2. The molecule has 33 heavy (non-hydrogen) atoms. The molecule has 0 radical (unpaired) electrons. The van der Waals surface area contributed by atoms with E-state index < -0.39 is 0 Å². The molecule has 9 heteroatoms. The Labute approximate surface area is 216 Å². The van der Waals surface area contributed by atoms with Crippen LogP contribution in [-0.2, 0) is 17.9 Å². The van der Waals surface area contributed by atoms with E-state index in [-0.39, 0.29) is 30.1 Å². The van der Waals surface area contributed by atoms with Crippen molar-refractivity contribution in [1.29, 1.82) is 0 Å². The standard InChI is InChI=1S/C24H15Br2ClFNO3S/c25-19-9-16(10-20(26)22(19)32-13-15-3-7-18(28)8-4-15)11-21-23(30)29(24(31)33-21)12-14-1-5-17(27)6-2-14/h1-11H,12-13H2/b21-11-. The number of halogens is 4. The van der Waals surface area contributed by atoms with Gasteiger partial charge in [-0.05, 0) is 103 Å². The maximum absolute atomic E-state index is 13.1. The van der Waals surface area contributed by atoms with Crippen molar-refractivity contribution in [2.75, 3.05) is 0 Å². The Morgan fingerprint density at radius 2 is 1.58 bits per heavy atom. The number of thioether (sulfide) groups is 1. The number of rotatable bonds is 6. The molecule has 2 amide bonds. The van der Waals surface area contributed by atoms with Crippen LogP contribution in [0.25, 0.3) is 6.08 Å². The molecule has 4 nitrogen and oxygen atoms in total. The highest BCUT2D eigenvalue weighted by Gasteiger charge is 2.35. The van der Waals surface area contributed by atoms with Gasteiger partial charge in [-0.2, -0.15) is 0 Å². The Bertz CT molecular complexity index is 1230. The minimum atomic E-state index is -0.344. The highest BCUT2D eigenvalue weighted by molar-refractivity contribution is 9.11. The first-order chi connectivity index (χ1) is 15.8. The molecule has 0 atom stereocenters. The molecule has 0 saturated carbocycles. The zero-order valence-corrected chi connectivity index (χ0v) is 21.6. The maximum atomic E-state index is 13.1. The fourth-order valence-corrected chi connectivity index (χ4v) is 5.51. The van der Waals surface area contributed by atoms with Crippen molar-refractivity contribution in [1.82, 2.24) is 4.90 Å². The number of imide groups is 1. The third-order valence-electron chi connectivity index (χ3n) is 4.74. The Morgan fingerprint density at radius 3 is 2.21 bits per heavy atom. The van der Waals surface area contributed by atoms with E-state index in [9.17, 15) is 14.0 Å². The first-order valence-electron chi connectivity index (χ1n) is 9.66. The topological polar surface area (TPSA) is 46.6 Å². The fourth-order valence-electron chi connectivity index (χ4n) is 3.10. The largest absolute Gasteiger partial charge is 0.487 e. The molecular weight excluding hydrogens is 597 g/mol. The summed E-state index contributed by atoms with van der Waals surface area (Å²) in [7, 11) is 0. The predicted molar refractivity (Wildman–Crippen MR) is 136 cm³/mol. The molecule has 0 aliphatic carbocycles. The van der Waals surface area contributed by atoms with Crippen molar-refractivity contribution in [3.63, 3.8) is 0 Å². The van der Waals surface area contributed by atoms with Gasteiger partial charge in [0, 0.05) is 5.02 Å². The van der Waals surface area contributed by atoms with Crippen molar-refractivity contribution in [2.24, 2.45) is 0 Å². The van der Waals surface area contributed by atoms with Crippen LogP contribution < -0.4 is 4.74 Å². The summed E-state index contributed by atoms with van der Waals surface area (Å²) in [6, 6.07) is 16.7. The summed E-state index contributed by atoms with van der Waals surface area (Å²) in [4.78, 5) is 26.8. The molecule has 0 aromatic heterocycles. The zero-order valence-electron chi connectivity index (χ0n) is 16.9. The summed E-state index contributed by atoms with van der Waals surface area (Å²) in [6.07, 6.45) is 1.67. The number of benzene rings is 3. The number of amides is 2. The van der Waals surface area contributed by atoms with Crippen LogP contribution in [0.5, 0.6) is 5.75 Å². The summed E-state index contributed by atoms with van der Waals surface area (Å²) in [6.45, 7) is 0.448. The summed E-state index contributed by atoms with van der Waals surface area (Å²) in [5.74, 6) is -0.0702. The Kier molecular flexibility index (Phi) is 7.58. The smallest absolute Gasteiger partial charge is 0.293 e. The molecule has 1 aliphatic heterocycles. The van der Waals surface area contributed by atoms with E-state index in [4.69, 9.17) is 16.3 Å². The third-order valence-corrected chi connectivity index (χ3v) is 7.08. The van der Waals surface area contributed by atoms with Crippen LogP contribution in [0, 0.1) is 5.82 Å². The van der Waals surface area contributed by atoms with Crippen molar-refractivity contribution in [3.05, 3.63) is 102 Å². The quantitative estimate of drug-likeness (QED) is 0.267. The third kappa shape index (κ3) is 5.87. The molecule has 1 heterocycles. The van der Waals surface area contributed by atoms with E-state index in [1.165, 1.54) is 17.0 Å². The average molecular weight is 612 g/mol. The van der Waals surface area contributed by atoms with Crippen LogP contribution in [0.4, 0.5) is 9.18 Å². The van der Waals surface area contributed by atoms with Crippen molar-refractivity contribution < 1.29 is 18.7 Å². The van der Waals surface area contributed by atoms with Crippen LogP contribution in [0.2, 0.25) is 5.02 Å². The molecule has 3 aromatic carbocycles. The highest BCUT2D eigenvalue weighted by atomic mass is 79.9. The van der Waals surface area contributed by atoms with Gasteiger partial charge in [-0.1, -0.05) is 35.9 Å². The number of nitrogens with zero attached hydrogens (tertiary/aromatic N) is 1. The molecular formula is C24H15Br2ClFNO3S. The van der Waals surface area contributed by atoms with Gasteiger partial charge < -0.3 is 4.74 Å². The second-order valence-corrected chi connectivity index (χ2v) is 10.3. The molecule has 0 bridgehead atoms. The lowest BCUT2D eigenvalue weighted by Crippen LogP contribution is -2.27. The van der Waals surface area contributed by atoms with Gasteiger partial charge in [-0.15, -0.1) is 0 Å². The molecule has 0 N–H and O–H groups in total. The van der Waals surface area contributed by atoms with Gasteiger partial charge in [0.15, 0.2) is 0 Å². The molecule has 4 rings (SSSR count). The fraction of sp³-hybridized carbons (Fsp3) is 0.0833. The number of carbonyl (C=O) groups is 2. The zero-order chi connectivity index (χ0) is 23.5. The molecule has 168 valence electrons. The van der Waals surface area contributed by atoms with E-state index in [1.807, 2.05) is 0 Å². The Balaban J connectivity index is 1.49. The molecule has 0 spiro atoms. The van der Waals surface area contributed by atoms with Gasteiger partial charge in [0.2, 0.25) is 0 Å². The van der Waals surface area contributed by atoms with E-state index in [0.717, 1.165) is 28.5 Å². The number of hydrogen-bond acceptors (Lipinski definition) is 4. The lowest BCUT2D eigenvalue weighted by molar-refractivity contribution is -0.123. The van der Waals surface area contributed by atoms with Gasteiger partial charge in [0.1, 0.15) is 18.2 Å². The monoisotopic (exact) mass is 609 g/mol. The summed E-state index contributed by atoms with van der Waals surface area (Å²) < 4.78 is 20.3. The molecule has 3 aromatic rings. The summed E-state index contributed by atoms with van der Waals surface area (Å²) in [5.41, 5.74) is 2.37. The Morgan fingerprint density at radius 1 is 0.970 bits per heavy atom. The first-order valence-corrected chi connectivity index (χ1v) is 12.4. The Hall–Kier alpha value is -2.13. The van der Waals surface area contributed by atoms with Gasteiger partial charge in [0.05, 0.1) is 20.4 Å². The van der Waals surface area contributed by atoms with Crippen LogP contribution in [0.1, 0.15) is 16.7 Å². The van der Waals surface area contributed by atoms with Crippen molar-refractivity contribution in [3.8, 4) is 5.75 Å². The normalized spacial score (nSPS) is 14.9. The van der Waals surface area contributed by atoms with E-state index >= 15 is 0 Å². The second-order valence-electron chi connectivity index (χ2n) is 7.12. The van der Waals surface area contributed by atoms with Crippen LogP contribution in [-0.4, -0.2) is 16.0 Å². The van der Waals surface area contributed by atoms with Crippen LogP contribution >= 0.6 is 55.2 Å². The average Bonchev–Trinajstić information content (AvgIpc) is 3.03. The summed E-state index contributed by atoms with van der Waals surface area (Å²) in [5, 5.41) is 0.271. The lowest BCUT2D eigenvalue weighted by Gasteiger charge is -2.13. The van der Waals surface area contributed by atoms with Crippen molar-refractivity contribution in [2.45, 2.75) is 13.2 Å². The van der Waals surface area contributed by atoms with Gasteiger partial charge in [-0.25, -0.2) is 4.39 Å². The molecule has 1 saturated heterocycles. The minimum absolute atomic E-state index is 0.183. The van der Waals surface area contributed by atoms with Crippen LogP contribution in [0.3, 0.4) is 0 Å². The highest BCUT2D eigenvalue weighted by Crippen LogP contribution is 2.38. The SMILES string of the molecule is O=C1S/C(=C\c2cc(Br)c(OCc3ccc(F)cc3)c(Br)c2)C(=O)N1Cc1ccc(Cl)cc1. The molecule has 1 aliphatic rings. The van der Waals surface area contributed by atoms with E-state index in [1.54, 1.807) is 54.6 Å². The number of hydrogen-bond donors (Lipinski definition) is 0. The maximum Gasteiger partial charge on any atom is 0.293 e.